The summed E-state index contributed by atoms with van der Waals surface area (Å²) in [6.07, 6.45) is 2.63. The third kappa shape index (κ3) is 4.84. The quantitative estimate of drug-likeness (QED) is 0.616. The maximum absolute atomic E-state index is 14.8. The summed E-state index contributed by atoms with van der Waals surface area (Å²) in [6, 6.07) is 5.07. The van der Waals surface area contributed by atoms with Gasteiger partial charge in [-0.25, -0.2) is 17.6 Å². The molecule has 1 aliphatic carbocycles. The minimum absolute atomic E-state index is 0.0747. The first-order chi connectivity index (χ1) is 14.7. The Balaban J connectivity index is 1.37. The van der Waals surface area contributed by atoms with Crippen molar-refractivity contribution in [3.05, 3.63) is 40.8 Å². The average Bonchev–Trinajstić information content (AvgIpc) is 3.42. The summed E-state index contributed by atoms with van der Waals surface area (Å²) in [4.78, 5) is 11.9. The zero-order chi connectivity index (χ0) is 22.2. The Labute approximate surface area is 180 Å². The standard InChI is InChI=1S/C21H27FN4O4S/c1-3-12(2)23-21(27)30-15-6-4-13(8-15)18-9-19(26-25-18)24-17-7-5-14-10-31(28,29)11-16(14)20(17)22/h5,7,9,12-13,15H,3-4,6,8,10-11H2,1-2H3,(H,23,27)(H2,24,25,26)/t12-,13?,15?/m0/s1. The molecule has 1 aliphatic heterocycles. The summed E-state index contributed by atoms with van der Waals surface area (Å²) in [5.74, 6) is -0.325. The van der Waals surface area contributed by atoms with Gasteiger partial charge in [-0.1, -0.05) is 13.0 Å². The lowest BCUT2D eigenvalue weighted by molar-refractivity contribution is 0.0974. The van der Waals surface area contributed by atoms with Gasteiger partial charge in [-0.2, -0.15) is 5.10 Å². The zero-order valence-electron chi connectivity index (χ0n) is 17.6. The summed E-state index contributed by atoms with van der Waals surface area (Å²) in [5, 5.41) is 12.9. The molecule has 1 fully saturated rings. The fourth-order valence-corrected chi connectivity index (χ4v) is 5.72. The molecular weight excluding hydrogens is 423 g/mol. The maximum atomic E-state index is 14.8. The molecule has 0 spiro atoms. The van der Waals surface area contributed by atoms with Crippen molar-refractivity contribution in [1.29, 1.82) is 0 Å². The number of ether oxygens (including phenoxy) is 1. The van der Waals surface area contributed by atoms with Gasteiger partial charge < -0.3 is 15.4 Å². The topological polar surface area (TPSA) is 113 Å². The van der Waals surface area contributed by atoms with E-state index in [4.69, 9.17) is 4.74 Å². The average molecular weight is 451 g/mol. The highest BCUT2D eigenvalue weighted by atomic mass is 32.2. The van der Waals surface area contributed by atoms with Crippen LogP contribution in [-0.2, 0) is 26.1 Å². The molecule has 0 bridgehead atoms. The number of halogens is 1. The van der Waals surface area contributed by atoms with Gasteiger partial charge in [0.05, 0.1) is 17.2 Å². The third-order valence-electron chi connectivity index (χ3n) is 6.01. The van der Waals surface area contributed by atoms with Gasteiger partial charge in [0.1, 0.15) is 6.10 Å². The molecule has 8 nitrogen and oxygen atoms in total. The van der Waals surface area contributed by atoms with Gasteiger partial charge in [0.2, 0.25) is 0 Å². The predicted octanol–water partition coefficient (Wildman–Crippen LogP) is 3.88. The number of H-pyrrole nitrogens is 1. The van der Waals surface area contributed by atoms with Crippen LogP contribution in [-0.4, -0.2) is 36.9 Å². The number of fused-ring (bicyclic) bond motifs is 1. The Hall–Kier alpha value is -2.62. The SMILES string of the molecule is CC[C@H](C)NC(=O)OC1CCC(c2cc(Nc3ccc4c(c3F)CS(=O)(=O)C4)n[nH]2)C1. The first kappa shape index (κ1) is 21.6. The lowest BCUT2D eigenvalue weighted by Gasteiger charge is -2.16. The van der Waals surface area contributed by atoms with Crippen LogP contribution in [0.5, 0.6) is 0 Å². The number of sulfone groups is 1. The van der Waals surface area contributed by atoms with Crippen molar-refractivity contribution in [3.63, 3.8) is 0 Å². The van der Waals surface area contributed by atoms with Crippen molar-refractivity contribution in [3.8, 4) is 0 Å². The number of amides is 1. The number of hydrogen-bond acceptors (Lipinski definition) is 6. The molecule has 3 atom stereocenters. The molecular formula is C21H27FN4O4S. The highest BCUT2D eigenvalue weighted by Crippen LogP contribution is 2.37. The van der Waals surface area contributed by atoms with E-state index in [9.17, 15) is 17.6 Å². The molecule has 1 aromatic heterocycles. The van der Waals surface area contributed by atoms with Crippen molar-refractivity contribution in [2.75, 3.05) is 5.32 Å². The van der Waals surface area contributed by atoms with Crippen molar-refractivity contribution in [2.24, 2.45) is 0 Å². The van der Waals surface area contributed by atoms with Gasteiger partial charge in [-0.3, -0.25) is 5.10 Å². The van der Waals surface area contributed by atoms with E-state index in [1.54, 1.807) is 12.1 Å². The molecule has 0 saturated heterocycles. The smallest absolute Gasteiger partial charge is 0.407 e. The number of rotatable bonds is 6. The molecule has 2 aromatic rings. The second kappa shape index (κ2) is 8.49. The van der Waals surface area contributed by atoms with Crippen LogP contribution in [0.2, 0.25) is 0 Å². The monoisotopic (exact) mass is 450 g/mol. The molecule has 1 amide bonds. The van der Waals surface area contributed by atoms with Crippen LogP contribution < -0.4 is 10.6 Å². The molecule has 2 aliphatic rings. The highest BCUT2D eigenvalue weighted by molar-refractivity contribution is 7.90. The molecule has 1 aromatic carbocycles. The Kier molecular flexibility index (Phi) is 5.92. The number of nitrogens with one attached hydrogen (secondary N) is 3. The summed E-state index contributed by atoms with van der Waals surface area (Å²) < 4.78 is 43.9. The summed E-state index contributed by atoms with van der Waals surface area (Å²) in [6.45, 7) is 3.93. The number of anilines is 2. The van der Waals surface area contributed by atoms with Gasteiger partial charge in [-0.15, -0.1) is 0 Å². The van der Waals surface area contributed by atoms with E-state index in [2.05, 4.69) is 20.8 Å². The molecule has 2 unspecified atom stereocenters. The van der Waals surface area contributed by atoms with Gasteiger partial charge in [-0.05, 0) is 44.2 Å². The molecule has 3 N–H and O–H groups in total. The molecule has 31 heavy (non-hydrogen) atoms. The Morgan fingerprint density at radius 2 is 2.16 bits per heavy atom. The first-order valence-corrected chi connectivity index (χ1v) is 12.4. The van der Waals surface area contributed by atoms with Gasteiger partial charge >= 0.3 is 6.09 Å². The summed E-state index contributed by atoms with van der Waals surface area (Å²) in [5.41, 5.74) is 1.83. The number of alkyl carbamates (subject to hydrolysis) is 1. The van der Waals surface area contributed by atoms with E-state index < -0.39 is 15.7 Å². The molecule has 0 radical (unpaired) electrons. The number of carbonyl (C=O) groups is 1. The number of hydrogen-bond donors (Lipinski definition) is 3. The summed E-state index contributed by atoms with van der Waals surface area (Å²) in [7, 11) is -3.28. The molecule has 2 heterocycles. The minimum atomic E-state index is -3.28. The van der Waals surface area contributed by atoms with Crippen molar-refractivity contribution >= 4 is 27.4 Å². The van der Waals surface area contributed by atoms with Crippen LogP contribution in [0.3, 0.4) is 0 Å². The largest absolute Gasteiger partial charge is 0.446 e. The molecule has 1 saturated carbocycles. The highest BCUT2D eigenvalue weighted by Gasteiger charge is 2.31. The van der Waals surface area contributed by atoms with E-state index in [1.807, 2.05) is 19.9 Å². The predicted molar refractivity (Wildman–Crippen MR) is 114 cm³/mol. The van der Waals surface area contributed by atoms with Crippen LogP contribution in [0.15, 0.2) is 18.2 Å². The van der Waals surface area contributed by atoms with Crippen LogP contribution in [0, 0.1) is 5.82 Å². The molecule has 4 rings (SSSR count). The first-order valence-electron chi connectivity index (χ1n) is 10.5. The number of benzene rings is 1. The van der Waals surface area contributed by atoms with Gasteiger partial charge in [0.25, 0.3) is 0 Å². The second-order valence-electron chi connectivity index (χ2n) is 8.42. The van der Waals surface area contributed by atoms with Crippen molar-refractivity contribution < 1.29 is 22.3 Å². The normalized spacial score (nSPS) is 22.7. The van der Waals surface area contributed by atoms with E-state index in [1.165, 1.54) is 0 Å². The lowest BCUT2D eigenvalue weighted by atomic mass is 10.0. The Morgan fingerprint density at radius 3 is 2.94 bits per heavy atom. The minimum Gasteiger partial charge on any atom is -0.446 e. The van der Waals surface area contributed by atoms with E-state index >= 15 is 0 Å². The Morgan fingerprint density at radius 1 is 1.35 bits per heavy atom. The zero-order valence-corrected chi connectivity index (χ0v) is 18.4. The number of carbonyl (C=O) groups excluding carboxylic acids is 1. The fraction of sp³-hybridized carbons (Fsp3) is 0.524. The van der Waals surface area contributed by atoms with Crippen LogP contribution >= 0.6 is 0 Å². The summed E-state index contributed by atoms with van der Waals surface area (Å²) >= 11 is 0. The second-order valence-corrected chi connectivity index (χ2v) is 10.5. The van der Waals surface area contributed by atoms with Crippen molar-refractivity contribution in [1.82, 2.24) is 15.5 Å². The van der Waals surface area contributed by atoms with Crippen molar-refractivity contribution in [2.45, 2.75) is 69.1 Å². The van der Waals surface area contributed by atoms with E-state index in [-0.39, 0.29) is 46.9 Å². The lowest BCUT2D eigenvalue weighted by Crippen LogP contribution is -2.34. The third-order valence-corrected chi connectivity index (χ3v) is 7.49. The van der Waals surface area contributed by atoms with Crippen LogP contribution in [0.1, 0.15) is 62.3 Å². The fourth-order valence-electron chi connectivity index (χ4n) is 4.12. The van der Waals surface area contributed by atoms with E-state index in [0.29, 0.717) is 17.8 Å². The van der Waals surface area contributed by atoms with Crippen LogP contribution in [0.4, 0.5) is 20.7 Å². The van der Waals surface area contributed by atoms with E-state index in [0.717, 1.165) is 25.0 Å². The number of aromatic nitrogens is 2. The number of aromatic amines is 1. The van der Waals surface area contributed by atoms with Crippen LogP contribution in [0.25, 0.3) is 0 Å². The number of nitrogens with zero attached hydrogens (tertiary/aromatic N) is 1. The Bertz CT molecular complexity index is 1090. The molecule has 168 valence electrons. The van der Waals surface area contributed by atoms with Gasteiger partial charge in [0, 0.05) is 29.3 Å². The maximum Gasteiger partial charge on any atom is 0.407 e. The van der Waals surface area contributed by atoms with Gasteiger partial charge in [0.15, 0.2) is 21.5 Å². The molecule has 10 heteroatoms.